The zero-order valence-corrected chi connectivity index (χ0v) is 9.96. The van der Waals surface area contributed by atoms with Crippen LogP contribution in [-0.2, 0) is 4.79 Å². The van der Waals surface area contributed by atoms with Crippen LogP contribution in [0.15, 0.2) is 11.1 Å². The van der Waals surface area contributed by atoms with Crippen molar-refractivity contribution in [1.29, 1.82) is 0 Å². The quantitative estimate of drug-likeness (QED) is 0.428. The molecule has 0 aliphatic heterocycles. The minimum Gasteiger partial charge on any atom is -0.294 e. The molecule has 0 aromatic heterocycles. The maximum Gasteiger partial charge on any atom is 0.352 e. The van der Waals surface area contributed by atoms with Crippen LogP contribution >= 0.6 is 23.2 Å². The first kappa shape index (κ1) is 13.1. The van der Waals surface area contributed by atoms with Crippen molar-refractivity contribution < 1.29 is 22.4 Å². The molecule has 17 heavy (non-hydrogen) atoms. The molecule has 2 atom stereocenters. The molecule has 2 aliphatic rings. The number of carbonyl (C=O) groups is 1. The lowest BCUT2D eigenvalue weighted by Gasteiger charge is -2.23. The SMILES string of the molecule is O=C1C(=C(C(F)(F)Cl)C(F)(F)Cl)[C@@H]2CC[C@@H]1C2. The summed E-state index contributed by atoms with van der Waals surface area (Å²) in [6.07, 6.45) is 1.36. The third-order valence-electron chi connectivity index (χ3n) is 3.31. The number of carbonyl (C=O) groups excluding carboxylic acids is 1. The van der Waals surface area contributed by atoms with Gasteiger partial charge in [0.05, 0.1) is 0 Å². The second-order valence-corrected chi connectivity index (χ2v) is 5.30. The second kappa shape index (κ2) is 3.85. The van der Waals surface area contributed by atoms with Crippen LogP contribution in [0.5, 0.6) is 0 Å². The Balaban J connectivity index is 2.56. The third-order valence-corrected chi connectivity index (χ3v) is 3.69. The van der Waals surface area contributed by atoms with Gasteiger partial charge in [-0.15, -0.1) is 0 Å². The van der Waals surface area contributed by atoms with Crippen molar-refractivity contribution in [1.82, 2.24) is 0 Å². The van der Waals surface area contributed by atoms with Gasteiger partial charge in [0.1, 0.15) is 5.57 Å². The van der Waals surface area contributed by atoms with Gasteiger partial charge in [-0.2, -0.15) is 17.6 Å². The fourth-order valence-corrected chi connectivity index (χ4v) is 3.19. The summed E-state index contributed by atoms with van der Waals surface area (Å²) in [4.78, 5) is 11.7. The van der Waals surface area contributed by atoms with Gasteiger partial charge < -0.3 is 0 Å². The van der Waals surface area contributed by atoms with E-state index in [9.17, 15) is 22.4 Å². The fourth-order valence-electron chi connectivity index (χ4n) is 2.70. The second-order valence-electron chi connectivity index (χ2n) is 4.36. The predicted octanol–water partition coefficient (Wildman–Crippen LogP) is 3.95. The van der Waals surface area contributed by atoms with Crippen LogP contribution in [0.2, 0.25) is 0 Å². The average Bonchev–Trinajstić information content (AvgIpc) is 2.64. The molecule has 0 N–H and O–H groups in total. The highest BCUT2D eigenvalue weighted by Gasteiger charge is 2.55. The van der Waals surface area contributed by atoms with Crippen molar-refractivity contribution in [2.24, 2.45) is 11.8 Å². The van der Waals surface area contributed by atoms with Crippen molar-refractivity contribution >= 4 is 29.0 Å². The van der Waals surface area contributed by atoms with E-state index in [1.54, 1.807) is 0 Å². The van der Waals surface area contributed by atoms with Gasteiger partial charge in [-0.1, -0.05) is 0 Å². The van der Waals surface area contributed by atoms with Crippen molar-refractivity contribution in [3.05, 3.63) is 11.1 Å². The zero-order chi connectivity index (χ0) is 13.0. The molecule has 0 amide bonds. The molecule has 0 heterocycles. The van der Waals surface area contributed by atoms with E-state index < -0.39 is 39.5 Å². The van der Waals surface area contributed by atoms with Gasteiger partial charge >= 0.3 is 10.8 Å². The maximum atomic E-state index is 13.0. The number of alkyl halides is 6. The molecule has 7 heteroatoms. The van der Waals surface area contributed by atoms with E-state index >= 15 is 0 Å². The summed E-state index contributed by atoms with van der Waals surface area (Å²) in [5.74, 6) is -1.64. The Labute approximate surface area is 105 Å². The van der Waals surface area contributed by atoms with E-state index in [-0.39, 0.29) is 0 Å². The molecule has 0 aromatic rings. The first-order valence-electron chi connectivity index (χ1n) is 5.05. The normalized spacial score (nSPS) is 29.1. The van der Waals surface area contributed by atoms with E-state index in [0.717, 1.165) is 0 Å². The van der Waals surface area contributed by atoms with Crippen molar-refractivity contribution in [2.75, 3.05) is 0 Å². The van der Waals surface area contributed by atoms with Gasteiger partial charge in [0.2, 0.25) is 0 Å². The van der Waals surface area contributed by atoms with Crippen molar-refractivity contribution in [3.8, 4) is 0 Å². The van der Waals surface area contributed by atoms with Crippen LogP contribution in [-0.4, -0.2) is 16.5 Å². The zero-order valence-electron chi connectivity index (χ0n) is 8.45. The van der Waals surface area contributed by atoms with Gasteiger partial charge in [-0.05, 0) is 48.4 Å². The summed E-state index contributed by atoms with van der Waals surface area (Å²) in [6.45, 7) is 0. The molecule has 2 saturated carbocycles. The molecule has 0 unspecified atom stereocenters. The Bertz CT molecular complexity index is 378. The number of ketones is 1. The number of rotatable bonds is 2. The van der Waals surface area contributed by atoms with E-state index in [1.807, 2.05) is 0 Å². The molecule has 2 bridgehead atoms. The standard InChI is InChI=1S/C10H8Cl2F4O/c11-9(13,14)8(10(12,15)16)6-4-1-2-5(3-4)7(6)17/h4-5H,1-3H2/t4-,5-/m1/s1. The van der Waals surface area contributed by atoms with Crippen LogP contribution in [0, 0.1) is 11.8 Å². The summed E-state index contributed by atoms with van der Waals surface area (Å²) < 4.78 is 52.1. The number of fused-ring (bicyclic) bond motifs is 2. The topological polar surface area (TPSA) is 17.1 Å². The molecule has 96 valence electrons. The smallest absolute Gasteiger partial charge is 0.294 e. The number of Topliss-reactive ketones (excluding diaryl/α,β-unsaturated/α-hetero) is 1. The van der Waals surface area contributed by atoms with Gasteiger partial charge in [0.15, 0.2) is 5.78 Å². The maximum absolute atomic E-state index is 13.0. The molecule has 0 spiro atoms. The van der Waals surface area contributed by atoms with E-state index in [1.165, 1.54) is 0 Å². The minimum absolute atomic E-state index is 0.345. The Morgan fingerprint density at radius 3 is 1.88 bits per heavy atom. The molecule has 2 aliphatic carbocycles. The summed E-state index contributed by atoms with van der Waals surface area (Å²) in [6, 6.07) is 0. The number of hydrogen-bond acceptors (Lipinski definition) is 1. The third kappa shape index (κ3) is 2.19. The van der Waals surface area contributed by atoms with E-state index in [2.05, 4.69) is 23.2 Å². The van der Waals surface area contributed by atoms with Gasteiger partial charge in [-0.3, -0.25) is 4.79 Å². The molecule has 1 nitrogen and oxygen atoms in total. The van der Waals surface area contributed by atoms with Crippen LogP contribution in [0.3, 0.4) is 0 Å². The van der Waals surface area contributed by atoms with Gasteiger partial charge in [0, 0.05) is 11.5 Å². The lowest BCUT2D eigenvalue weighted by atomic mass is 9.89. The lowest BCUT2D eigenvalue weighted by molar-refractivity contribution is -0.118. The van der Waals surface area contributed by atoms with Crippen LogP contribution in [0.1, 0.15) is 19.3 Å². The van der Waals surface area contributed by atoms with Crippen LogP contribution < -0.4 is 0 Å². The van der Waals surface area contributed by atoms with Crippen LogP contribution in [0.4, 0.5) is 17.6 Å². The molecule has 2 fully saturated rings. The monoisotopic (exact) mass is 290 g/mol. The summed E-state index contributed by atoms with van der Waals surface area (Å²) in [5, 5.41) is -8.61. The highest BCUT2D eigenvalue weighted by Crippen LogP contribution is 2.53. The average molecular weight is 291 g/mol. The first-order valence-corrected chi connectivity index (χ1v) is 5.80. The van der Waals surface area contributed by atoms with Crippen molar-refractivity contribution in [3.63, 3.8) is 0 Å². The molecule has 0 aromatic carbocycles. The summed E-state index contributed by atoms with van der Waals surface area (Å²) >= 11 is 9.32. The van der Waals surface area contributed by atoms with Gasteiger partial charge in [0.25, 0.3) is 0 Å². The van der Waals surface area contributed by atoms with Gasteiger partial charge in [-0.25, -0.2) is 0 Å². The molecular formula is C10H8Cl2F4O. The predicted molar refractivity (Wildman–Crippen MR) is 54.5 cm³/mol. The lowest BCUT2D eigenvalue weighted by Crippen LogP contribution is -2.30. The van der Waals surface area contributed by atoms with Crippen LogP contribution in [0.25, 0.3) is 0 Å². The Hall–Kier alpha value is -0.290. The number of allylic oxidation sites excluding steroid dienone is 2. The Kier molecular flexibility index (Phi) is 2.98. The number of halogens is 6. The molecule has 0 saturated heterocycles. The van der Waals surface area contributed by atoms with E-state index in [0.29, 0.717) is 19.3 Å². The largest absolute Gasteiger partial charge is 0.352 e. The fraction of sp³-hybridized carbons (Fsp3) is 0.700. The first-order chi connectivity index (χ1) is 7.62. The number of hydrogen-bond donors (Lipinski definition) is 0. The van der Waals surface area contributed by atoms with E-state index in [4.69, 9.17) is 0 Å². The molecule has 2 rings (SSSR count). The Morgan fingerprint density at radius 2 is 1.53 bits per heavy atom. The minimum atomic E-state index is -4.30. The molecule has 0 radical (unpaired) electrons. The molecular weight excluding hydrogens is 283 g/mol. The summed E-state index contributed by atoms with van der Waals surface area (Å²) in [5.41, 5.74) is -2.29. The highest BCUT2D eigenvalue weighted by atomic mass is 35.5. The Morgan fingerprint density at radius 1 is 1.06 bits per heavy atom. The van der Waals surface area contributed by atoms with Crippen molar-refractivity contribution in [2.45, 2.75) is 30.0 Å². The highest BCUT2D eigenvalue weighted by molar-refractivity contribution is 6.29. The summed E-state index contributed by atoms with van der Waals surface area (Å²) in [7, 11) is 0.